The van der Waals surface area contributed by atoms with E-state index in [0.29, 0.717) is 10.9 Å². The minimum absolute atomic E-state index is 0.202. The summed E-state index contributed by atoms with van der Waals surface area (Å²) < 4.78 is 16.3. The number of hydrogen-bond donors (Lipinski definition) is 0. The molecule has 0 atom stereocenters. The van der Waals surface area contributed by atoms with Crippen molar-refractivity contribution >= 4 is 39.8 Å². The monoisotopic (exact) mass is 438 g/mol. The number of hydrogen-bond acceptors (Lipinski definition) is 5. The molecule has 4 rings (SSSR count). The molecule has 8 heteroatoms. The Morgan fingerprint density at radius 1 is 1.23 bits per heavy atom. The third-order valence-electron chi connectivity index (χ3n) is 4.37. The first-order valence-electron chi connectivity index (χ1n) is 9.26. The van der Waals surface area contributed by atoms with E-state index in [2.05, 4.69) is 29.0 Å². The standard InChI is InChI=1S/C22H19FN4OS2/c1-15-6-5-7-18(12-15)26-11-10-24-21(26)29-13-17-14-30-22(25-17)27(16(2)28)20-9-4-3-8-19(20)23/h3-12,14H,13H2,1-2H3. The topological polar surface area (TPSA) is 51.0 Å². The summed E-state index contributed by atoms with van der Waals surface area (Å²) in [5.74, 6) is -0.162. The number of imidazole rings is 1. The van der Waals surface area contributed by atoms with Gasteiger partial charge in [-0.2, -0.15) is 0 Å². The summed E-state index contributed by atoms with van der Waals surface area (Å²) >= 11 is 2.87. The number of carbonyl (C=O) groups is 1. The van der Waals surface area contributed by atoms with E-state index in [1.54, 1.807) is 36.2 Å². The molecule has 1 amide bonds. The first-order valence-corrected chi connectivity index (χ1v) is 11.1. The van der Waals surface area contributed by atoms with Crippen molar-refractivity contribution in [3.8, 4) is 5.69 Å². The molecule has 2 aromatic carbocycles. The van der Waals surface area contributed by atoms with Gasteiger partial charge in [-0.1, -0.05) is 36.0 Å². The maximum absolute atomic E-state index is 14.2. The highest BCUT2D eigenvalue weighted by atomic mass is 32.2. The minimum atomic E-state index is -0.459. The summed E-state index contributed by atoms with van der Waals surface area (Å²) in [6.45, 7) is 3.46. The van der Waals surface area contributed by atoms with E-state index in [-0.39, 0.29) is 11.6 Å². The van der Waals surface area contributed by atoms with Gasteiger partial charge >= 0.3 is 0 Å². The number of aryl methyl sites for hydroxylation is 1. The molecule has 0 saturated heterocycles. The number of thiazole rings is 1. The molecule has 0 aliphatic rings. The van der Waals surface area contributed by atoms with Gasteiger partial charge in [-0.15, -0.1) is 11.3 Å². The fourth-order valence-corrected chi connectivity index (χ4v) is 4.87. The van der Waals surface area contributed by atoms with Crippen LogP contribution >= 0.6 is 23.1 Å². The number of amides is 1. The third kappa shape index (κ3) is 4.29. The van der Waals surface area contributed by atoms with Crippen LogP contribution in [0.1, 0.15) is 18.2 Å². The maximum atomic E-state index is 14.2. The van der Waals surface area contributed by atoms with Crippen LogP contribution in [0.3, 0.4) is 0 Å². The van der Waals surface area contributed by atoms with Gasteiger partial charge < -0.3 is 0 Å². The fraction of sp³-hybridized carbons (Fsp3) is 0.136. The number of nitrogens with zero attached hydrogens (tertiary/aromatic N) is 4. The Morgan fingerprint density at radius 3 is 2.83 bits per heavy atom. The molecule has 0 unspecified atom stereocenters. The molecule has 4 aromatic rings. The zero-order valence-corrected chi connectivity index (χ0v) is 18.1. The van der Waals surface area contributed by atoms with Crippen LogP contribution in [0.4, 0.5) is 15.2 Å². The first-order chi connectivity index (χ1) is 14.5. The van der Waals surface area contributed by atoms with Gasteiger partial charge in [0.25, 0.3) is 0 Å². The van der Waals surface area contributed by atoms with Crippen LogP contribution in [-0.2, 0) is 10.5 Å². The van der Waals surface area contributed by atoms with Gasteiger partial charge in [0.2, 0.25) is 5.91 Å². The molecule has 0 radical (unpaired) electrons. The largest absolute Gasteiger partial charge is 0.295 e. The fourth-order valence-electron chi connectivity index (χ4n) is 3.02. The molecule has 0 bridgehead atoms. The molecule has 0 N–H and O–H groups in total. The van der Waals surface area contributed by atoms with Crippen LogP contribution < -0.4 is 4.90 Å². The van der Waals surface area contributed by atoms with Crippen LogP contribution in [0.15, 0.2) is 71.5 Å². The first kappa shape index (κ1) is 20.3. The van der Waals surface area contributed by atoms with E-state index < -0.39 is 5.82 Å². The number of para-hydroxylation sites is 1. The summed E-state index contributed by atoms with van der Waals surface area (Å²) in [4.78, 5) is 22.5. The van der Waals surface area contributed by atoms with E-state index in [0.717, 1.165) is 16.5 Å². The normalized spacial score (nSPS) is 10.9. The van der Waals surface area contributed by atoms with Crippen LogP contribution in [0.25, 0.3) is 5.69 Å². The molecule has 152 valence electrons. The Balaban J connectivity index is 1.53. The number of benzene rings is 2. The van der Waals surface area contributed by atoms with Gasteiger partial charge in [-0.25, -0.2) is 14.4 Å². The third-order valence-corrected chi connectivity index (χ3v) is 6.25. The predicted octanol–water partition coefficient (Wildman–Crippen LogP) is 5.75. The number of aromatic nitrogens is 3. The SMILES string of the molecule is CC(=O)N(c1nc(CSc2nccn2-c2cccc(C)c2)cs1)c1ccccc1F. The lowest BCUT2D eigenvalue weighted by atomic mass is 10.2. The van der Waals surface area contributed by atoms with Crippen LogP contribution in [0.5, 0.6) is 0 Å². The minimum Gasteiger partial charge on any atom is -0.295 e. The average molecular weight is 439 g/mol. The van der Waals surface area contributed by atoms with Crippen molar-refractivity contribution in [2.24, 2.45) is 0 Å². The van der Waals surface area contributed by atoms with Gasteiger partial charge in [0.15, 0.2) is 10.3 Å². The number of rotatable bonds is 6. The Bertz CT molecular complexity index is 1190. The average Bonchev–Trinajstić information content (AvgIpc) is 3.37. The second-order valence-electron chi connectivity index (χ2n) is 6.63. The molecule has 0 aliphatic heterocycles. The van der Waals surface area contributed by atoms with Crippen molar-refractivity contribution in [3.05, 3.63) is 83.4 Å². The molecule has 0 spiro atoms. The predicted molar refractivity (Wildman–Crippen MR) is 119 cm³/mol. The highest BCUT2D eigenvalue weighted by Crippen LogP contribution is 2.32. The van der Waals surface area contributed by atoms with Crippen molar-refractivity contribution in [2.45, 2.75) is 24.8 Å². The lowest BCUT2D eigenvalue weighted by Gasteiger charge is -2.18. The molecule has 30 heavy (non-hydrogen) atoms. The summed E-state index contributed by atoms with van der Waals surface area (Å²) in [6.07, 6.45) is 3.70. The van der Waals surface area contributed by atoms with Crippen LogP contribution in [0, 0.1) is 12.7 Å². The quantitative estimate of drug-likeness (QED) is 0.360. The Labute approximate surface area is 182 Å². The summed E-state index contributed by atoms with van der Waals surface area (Å²) in [7, 11) is 0. The summed E-state index contributed by atoms with van der Waals surface area (Å²) in [5.41, 5.74) is 3.24. The van der Waals surface area contributed by atoms with E-state index in [1.807, 2.05) is 28.3 Å². The van der Waals surface area contributed by atoms with Crippen molar-refractivity contribution in [2.75, 3.05) is 4.90 Å². The molecule has 0 saturated carbocycles. The number of carbonyl (C=O) groups excluding carboxylic acids is 1. The lowest BCUT2D eigenvalue weighted by Crippen LogP contribution is -2.23. The Morgan fingerprint density at radius 2 is 2.07 bits per heavy atom. The maximum Gasteiger partial charge on any atom is 0.230 e. The van der Waals surface area contributed by atoms with E-state index in [1.165, 1.54) is 34.8 Å². The zero-order chi connectivity index (χ0) is 21.1. The second kappa shape index (κ2) is 8.81. The molecular weight excluding hydrogens is 419 g/mol. The smallest absolute Gasteiger partial charge is 0.230 e. The Hall–Kier alpha value is -2.97. The van der Waals surface area contributed by atoms with E-state index >= 15 is 0 Å². The number of thioether (sulfide) groups is 1. The number of halogens is 1. The Kier molecular flexibility index (Phi) is 5.96. The molecule has 0 aliphatic carbocycles. The van der Waals surface area contributed by atoms with Crippen molar-refractivity contribution < 1.29 is 9.18 Å². The highest BCUT2D eigenvalue weighted by Gasteiger charge is 2.21. The van der Waals surface area contributed by atoms with E-state index in [4.69, 9.17) is 0 Å². The zero-order valence-electron chi connectivity index (χ0n) is 16.4. The van der Waals surface area contributed by atoms with E-state index in [9.17, 15) is 9.18 Å². The summed E-state index contributed by atoms with van der Waals surface area (Å²) in [5, 5.41) is 3.19. The molecule has 0 fully saturated rings. The lowest BCUT2D eigenvalue weighted by molar-refractivity contribution is -0.115. The van der Waals surface area contributed by atoms with Gasteiger partial charge in [0.05, 0.1) is 11.4 Å². The molecule has 2 aromatic heterocycles. The van der Waals surface area contributed by atoms with Gasteiger partial charge in [-0.3, -0.25) is 14.3 Å². The van der Waals surface area contributed by atoms with Gasteiger partial charge in [-0.05, 0) is 36.8 Å². The molecular formula is C22H19FN4OS2. The highest BCUT2D eigenvalue weighted by molar-refractivity contribution is 7.98. The number of anilines is 2. The van der Waals surface area contributed by atoms with Gasteiger partial charge in [0.1, 0.15) is 5.82 Å². The van der Waals surface area contributed by atoms with Crippen molar-refractivity contribution in [1.29, 1.82) is 0 Å². The van der Waals surface area contributed by atoms with Crippen LogP contribution in [0.2, 0.25) is 0 Å². The van der Waals surface area contributed by atoms with Gasteiger partial charge in [0, 0.05) is 36.1 Å². The van der Waals surface area contributed by atoms with Crippen molar-refractivity contribution in [1.82, 2.24) is 14.5 Å². The summed E-state index contributed by atoms with van der Waals surface area (Å²) in [6, 6.07) is 14.4. The van der Waals surface area contributed by atoms with Crippen molar-refractivity contribution in [3.63, 3.8) is 0 Å². The van der Waals surface area contributed by atoms with Crippen LogP contribution in [-0.4, -0.2) is 20.4 Å². The second-order valence-corrected chi connectivity index (χ2v) is 8.41. The molecule has 2 heterocycles. The molecule has 5 nitrogen and oxygen atoms in total.